The van der Waals surface area contributed by atoms with Crippen LogP contribution in [0.1, 0.15) is 5.56 Å². The van der Waals surface area contributed by atoms with Crippen molar-refractivity contribution in [2.75, 3.05) is 27.2 Å². The molecule has 1 aromatic carbocycles. The normalized spacial score (nSPS) is 16.1. The van der Waals surface area contributed by atoms with Gasteiger partial charge in [0.1, 0.15) is 5.82 Å². The maximum Gasteiger partial charge on any atom is 0.193 e. The van der Waals surface area contributed by atoms with Crippen LogP contribution in [0.15, 0.2) is 53.6 Å². The van der Waals surface area contributed by atoms with E-state index in [1.54, 1.807) is 18.5 Å². The third kappa shape index (κ3) is 4.19. The van der Waals surface area contributed by atoms with Gasteiger partial charge < -0.3 is 15.4 Å². The van der Waals surface area contributed by atoms with Gasteiger partial charge >= 0.3 is 0 Å². The zero-order valence-electron chi connectivity index (χ0n) is 16.5. The minimum atomic E-state index is -0.276. The number of nitrogens with two attached hydrogens (primary N) is 1. The van der Waals surface area contributed by atoms with Crippen LogP contribution < -0.4 is 5.73 Å². The van der Waals surface area contributed by atoms with E-state index in [2.05, 4.69) is 43.1 Å². The summed E-state index contributed by atoms with van der Waals surface area (Å²) in [6.45, 7) is 1.85. The number of hydrogen-bond donors (Lipinski definition) is 1. The van der Waals surface area contributed by atoms with E-state index in [9.17, 15) is 4.39 Å². The quantitative estimate of drug-likeness (QED) is 0.288. The van der Waals surface area contributed by atoms with Crippen molar-refractivity contribution in [2.45, 2.75) is 6.04 Å². The standard InChI is InChI=1S/C21H21FIN5OS/c1-27-10-16(11-27)25-9-18(20(24)29-2)14-7-17-19(13-4-3-5-15(22)6-13)12-28(30-23)21(17)26-8-14/h3-9,12,16H,10-11,24H2,1-2H3/b20-18-,25-9?. The van der Waals surface area contributed by atoms with Gasteiger partial charge in [0.05, 0.1) is 18.7 Å². The fourth-order valence-electron chi connectivity index (χ4n) is 3.50. The van der Waals surface area contributed by atoms with Crippen LogP contribution in [0.3, 0.4) is 0 Å². The molecule has 1 aliphatic rings. The van der Waals surface area contributed by atoms with Crippen molar-refractivity contribution in [1.29, 1.82) is 0 Å². The number of pyridine rings is 1. The first-order valence-electron chi connectivity index (χ1n) is 9.32. The number of fused-ring (bicyclic) bond motifs is 1. The highest BCUT2D eigenvalue weighted by Gasteiger charge is 2.22. The van der Waals surface area contributed by atoms with Gasteiger partial charge in [-0.15, -0.1) is 0 Å². The van der Waals surface area contributed by atoms with Gasteiger partial charge in [0.15, 0.2) is 11.5 Å². The smallest absolute Gasteiger partial charge is 0.193 e. The maximum atomic E-state index is 13.9. The minimum absolute atomic E-state index is 0.255. The molecule has 0 radical (unpaired) electrons. The SMILES string of the molecule is CO/C(N)=C(/C=NC1CN(C)C1)c1cnc2c(c1)c(-c1cccc(F)c1)cn2SI. The highest BCUT2D eigenvalue weighted by Crippen LogP contribution is 2.35. The number of methoxy groups -OCH3 is 1. The molecule has 156 valence electrons. The Kier molecular flexibility index (Phi) is 6.30. The second kappa shape index (κ2) is 8.94. The van der Waals surface area contributed by atoms with Gasteiger partial charge in [-0.25, -0.2) is 9.37 Å². The van der Waals surface area contributed by atoms with Crippen LogP contribution in [0.5, 0.6) is 0 Å². The molecule has 0 bridgehead atoms. The molecular weight excluding hydrogens is 516 g/mol. The van der Waals surface area contributed by atoms with Crippen LogP contribution >= 0.6 is 30.3 Å². The molecule has 0 spiro atoms. The first kappa shape index (κ1) is 21.1. The third-order valence-electron chi connectivity index (χ3n) is 5.08. The van der Waals surface area contributed by atoms with Crippen LogP contribution in [0.4, 0.5) is 4.39 Å². The second-order valence-electron chi connectivity index (χ2n) is 7.18. The van der Waals surface area contributed by atoms with Crippen LogP contribution in [-0.4, -0.2) is 53.4 Å². The molecule has 0 unspecified atom stereocenters. The van der Waals surface area contributed by atoms with E-state index in [1.807, 2.05) is 22.3 Å². The number of likely N-dealkylation sites (tertiary alicyclic amines) is 1. The summed E-state index contributed by atoms with van der Waals surface area (Å²) >= 11 is 2.20. The number of hydrogen-bond acceptors (Lipinski definition) is 6. The highest BCUT2D eigenvalue weighted by atomic mass is 127. The van der Waals surface area contributed by atoms with Crippen molar-refractivity contribution in [2.24, 2.45) is 10.7 Å². The molecule has 0 atom stereocenters. The molecule has 4 rings (SSSR count). The number of rotatable bonds is 6. The van der Waals surface area contributed by atoms with Crippen molar-refractivity contribution in [3.05, 3.63) is 60.0 Å². The lowest BCUT2D eigenvalue weighted by atomic mass is 10.0. The molecule has 0 amide bonds. The molecule has 1 saturated heterocycles. The van der Waals surface area contributed by atoms with Crippen molar-refractivity contribution in [3.63, 3.8) is 0 Å². The molecule has 2 N–H and O–H groups in total. The van der Waals surface area contributed by atoms with Crippen LogP contribution in [-0.2, 0) is 4.74 Å². The number of ether oxygens (including phenoxy) is 1. The molecule has 0 saturated carbocycles. The highest BCUT2D eigenvalue weighted by molar-refractivity contribution is 14.2. The molecule has 6 nitrogen and oxygen atoms in total. The van der Waals surface area contributed by atoms with Gasteiger partial charge in [-0.3, -0.25) is 8.96 Å². The van der Waals surface area contributed by atoms with Crippen molar-refractivity contribution in [3.8, 4) is 11.1 Å². The number of likely N-dealkylation sites (N-methyl/N-ethyl adjacent to an activating group) is 1. The van der Waals surface area contributed by atoms with E-state index in [4.69, 9.17) is 10.5 Å². The lowest BCUT2D eigenvalue weighted by molar-refractivity contribution is 0.194. The zero-order chi connectivity index (χ0) is 21.3. The molecular formula is C21H21FIN5OS. The number of nitrogens with zero attached hydrogens (tertiary/aromatic N) is 4. The fraction of sp³-hybridized carbons (Fsp3) is 0.238. The van der Waals surface area contributed by atoms with Gasteiger partial charge in [-0.1, -0.05) is 12.1 Å². The average Bonchev–Trinajstić information content (AvgIpc) is 3.10. The Labute approximate surface area is 190 Å². The Bertz CT molecular complexity index is 1140. The van der Waals surface area contributed by atoms with Gasteiger partial charge in [0.2, 0.25) is 0 Å². The van der Waals surface area contributed by atoms with Crippen LogP contribution in [0.2, 0.25) is 0 Å². The van der Waals surface area contributed by atoms with Crippen molar-refractivity contribution < 1.29 is 9.13 Å². The summed E-state index contributed by atoms with van der Waals surface area (Å²) < 4.78 is 21.1. The monoisotopic (exact) mass is 537 g/mol. The summed E-state index contributed by atoms with van der Waals surface area (Å²) in [7, 11) is 5.10. The summed E-state index contributed by atoms with van der Waals surface area (Å²) in [6.07, 6.45) is 5.50. The zero-order valence-corrected chi connectivity index (χ0v) is 19.5. The number of allylic oxidation sites excluding steroid dienone is 1. The lowest BCUT2D eigenvalue weighted by Crippen LogP contribution is -2.46. The summed E-state index contributed by atoms with van der Waals surface area (Å²) in [5.74, 6) is 0.00374. The van der Waals surface area contributed by atoms with Crippen LogP contribution in [0, 0.1) is 5.82 Å². The summed E-state index contributed by atoms with van der Waals surface area (Å²) in [6, 6.07) is 8.82. The Morgan fingerprint density at radius 2 is 2.20 bits per heavy atom. The number of aliphatic imine (C=N–C) groups is 1. The molecule has 9 heteroatoms. The molecule has 3 heterocycles. The predicted octanol–water partition coefficient (Wildman–Crippen LogP) is 4.35. The fourth-order valence-corrected chi connectivity index (χ4v) is 4.75. The van der Waals surface area contributed by atoms with E-state index in [-0.39, 0.29) is 17.7 Å². The maximum absolute atomic E-state index is 13.9. The largest absolute Gasteiger partial charge is 0.482 e. The van der Waals surface area contributed by atoms with E-state index >= 15 is 0 Å². The van der Waals surface area contributed by atoms with Gasteiger partial charge in [-0.05, 0) is 30.8 Å². The number of benzene rings is 1. The van der Waals surface area contributed by atoms with Gasteiger partial charge in [0, 0.05) is 78.5 Å². The Balaban J connectivity index is 1.81. The van der Waals surface area contributed by atoms with E-state index in [0.29, 0.717) is 5.57 Å². The first-order valence-corrected chi connectivity index (χ1v) is 12.6. The average molecular weight is 537 g/mol. The van der Waals surface area contributed by atoms with Crippen molar-refractivity contribution >= 4 is 53.1 Å². The van der Waals surface area contributed by atoms with Gasteiger partial charge in [0.25, 0.3) is 0 Å². The molecule has 30 heavy (non-hydrogen) atoms. The molecule has 1 fully saturated rings. The second-order valence-corrected chi connectivity index (χ2v) is 8.89. The molecule has 3 aromatic rings. The Hall–Kier alpha value is -2.11. The topological polar surface area (TPSA) is 68.7 Å². The number of aromatic nitrogens is 2. The lowest BCUT2D eigenvalue weighted by Gasteiger charge is -2.33. The minimum Gasteiger partial charge on any atom is -0.482 e. The molecule has 2 aromatic heterocycles. The van der Waals surface area contributed by atoms with E-state index < -0.39 is 0 Å². The third-order valence-corrected chi connectivity index (χ3v) is 6.78. The van der Waals surface area contributed by atoms with Crippen molar-refractivity contribution in [1.82, 2.24) is 13.9 Å². The van der Waals surface area contributed by atoms with E-state index in [0.717, 1.165) is 40.8 Å². The number of halogens is 2. The summed E-state index contributed by atoms with van der Waals surface area (Å²) in [5.41, 5.74) is 10.1. The first-order chi connectivity index (χ1) is 14.5. The Morgan fingerprint density at radius 1 is 1.40 bits per heavy atom. The summed E-state index contributed by atoms with van der Waals surface area (Å²) in [4.78, 5) is 11.5. The van der Waals surface area contributed by atoms with Crippen LogP contribution in [0.25, 0.3) is 27.7 Å². The molecule has 0 aliphatic carbocycles. The van der Waals surface area contributed by atoms with Gasteiger partial charge in [-0.2, -0.15) is 0 Å². The predicted molar refractivity (Wildman–Crippen MR) is 130 cm³/mol. The summed E-state index contributed by atoms with van der Waals surface area (Å²) in [5, 5.41) is 0.903. The molecule has 1 aliphatic heterocycles. The van der Waals surface area contributed by atoms with E-state index in [1.165, 1.54) is 28.4 Å². The Morgan fingerprint density at radius 3 is 2.87 bits per heavy atom.